The van der Waals surface area contributed by atoms with Crippen LogP contribution in [0.15, 0.2) is 5.16 Å². The van der Waals surface area contributed by atoms with E-state index in [4.69, 9.17) is 4.74 Å². The van der Waals surface area contributed by atoms with Crippen LogP contribution in [0.2, 0.25) is 0 Å². The lowest BCUT2D eigenvalue weighted by Crippen LogP contribution is -2.23. The van der Waals surface area contributed by atoms with E-state index in [9.17, 15) is 0 Å². The fraction of sp³-hybridized carbons (Fsp3) is 0.917. The van der Waals surface area contributed by atoms with Gasteiger partial charge in [-0.05, 0) is 42.7 Å². The SMILES string of the molecule is CCCNCCn1nnnc1SCC1CCCCO1. The Hall–Kier alpha value is -0.660. The van der Waals surface area contributed by atoms with Crippen LogP contribution in [0.4, 0.5) is 0 Å². The van der Waals surface area contributed by atoms with E-state index < -0.39 is 0 Å². The van der Waals surface area contributed by atoms with Crippen molar-refractivity contribution >= 4 is 11.8 Å². The Labute approximate surface area is 118 Å². The van der Waals surface area contributed by atoms with Crippen molar-refractivity contribution in [1.29, 1.82) is 0 Å². The third-order valence-corrected chi connectivity index (χ3v) is 4.19. The van der Waals surface area contributed by atoms with Crippen molar-refractivity contribution in [3.63, 3.8) is 0 Å². The molecule has 1 aromatic heterocycles. The lowest BCUT2D eigenvalue weighted by molar-refractivity contribution is 0.0315. The highest BCUT2D eigenvalue weighted by molar-refractivity contribution is 7.99. The van der Waals surface area contributed by atoms with Gasteiger partial charge >= 0.3 is 0 Å². The molecule has 19 heavy (non-hydrogen) atoms. The van der Waals surface area contributed by atoms with Crippen LogP contribution in [0.3, 0.4) is 0 Å². The third kappa shape index (κ3) is 5.08. The maximum absolute atomic E-state index is 5.72. The highest BCUT2D eigenvalue weighted by atomic mass is 32.2. The number of ether oxygens (including phenoxy) is 1. The molecule has 0 aliphatic carbocycles. The van der Waals surface area contributed by atoms with Gasteiger partial charge in [0.05, 0.1) is 12.6 Å². The molecule has 2 rings (SSSR count). The second-order valence-electron chi connectivity index (χ2n) is 4.73. The first-order valence-electron chi connectivity index (χ1n) is 7.11. The van der Waals surface area contributed by atoms with Crippen LogP contribution in [-0.2, 0) is 11.3 Å². The molecule has 1 unspecified atom stereocenters. The summed E-state index contributed by atoms with van der Waals surface area (Å²) in [7, 11) is 0. The highest BCUT2D eigenvalue weighted by Gasteiger charge is 2.16. The predicted octanol–water partition coefficient (Wildman–Crippen LogP) is 1.33. The first kappa shape index (κ1) is 14.7. The first-order chi connectivity index (χ1) is 9.40. The fourth-order valence-corrected chi connectivity index (χ4v) is 3.00. The number of aromatic nitrogens is 4. The van der Waals surface area contributed by atoms with Crippen molar-refractivity contribution in [2.75, 3.05) is 25.4 Å². The summed E-state index contributed by atoms with van der Waals surface area (Å²) in [5, 5.41) is 16.1. The van der Waals surface area contributed by atoms with Crippen LogP contribution in [0, 0.1) is 0 Å². The zero-order valence-electron chi connectivity index (χ0n) is 11.5. The average Bonchev–Trinajstić information content (AvgIpc) is 2.90. The molecule has 1 N–H and O–H groups in total. The van der Waals surface area contributed by atoms with E-state index in [1.807, 2.05) is 4.68 Å². The van der Waals surface area contributed by atoms with Gasteiger partial charge in [-0.15, -0.1) is 5.10 Å². The summed E-state index contributed by atoms with van der Waals surface area (Å²) in [4.78, 5) is 0. The minimum absolute atomic E-state index is 0.363. The molecule has 1 fully saturated rings. The molecule has 0 radical (unpaired) electrons. The number of hydrogen-bond acceptors (Lipinski definition) is 6. The van der Waals surface area contributed by atoms with Gasteiger partial charge in [-0.1, -0.05) is 18.7 Å². The molecule has 7 heteroatoms. The summed E-state index contributed by atoms with van der Waals surface area (Å²) in [6.45, 7) is 5.83. The van der Waals surface area contributed by atoms with Crippen molar-refractivity contribution in [2.24, 2.45) is 0 Å². The van der Waals surface area contributed by atoms with Crippen LogP contribution in [-0.4, -0.2) is 51.8 Å². The topological polar surface area (TPSA) is 64.9 Å². The van der Waals surface area contributed by atoms with Gasteiger partial charge in [0.2, 0.25) is 5.16 Å². The van der Waals surface area contributed by atoms with E-state index in [0.29, 0.717) is 6.10 Å². The molecule has 108 valence electrons. The Balaban J connectivity index is 1.72. The lowest BCUT2D eigenvalue weighted by atomic mass is 10.1. The van der Waals surface area contributed by atoms with E-state index in [2.05, 4.69) is 27.8 Å². The summed E-state index contributed by atoms with van der Waals surface area (Å²) < 4.78 is 7.59. The number of rotatable bonds is 8. The Morgan fingerprint density at radius 3 is 3.16 bits per heavy atom. The van der Waals surface area contributed by atoms with E-state index >= 15 is 0 Å². The number of hydrogen-bond donors (Lipinski definition) is 1. The molecule has 2 heterocycles. The van der Waals surface area contributed by atoms with Gasteiger partial charge in [0.15, 0.2) is 0 Å². The maximum Gasteiger partial charge on any atom is 0.209 e. The van der Waals surface area contributed by atoms with Crippen molar-refractivity contribution in [2.45, 2.75) is 50.4 Å². The van der Waals surface area contributed by atoms with E-state index in [-0.39, 0.29) is 0 Å². The molecular weight excluding hydrogens is 262 g/mol. The fourth-order valence-electron chi connectivity index (χ4n) is 2.03. The molecule has 1 aliphatic rings. The summed E-state index contributed by atoms with van der Waals surface area (Å²) in [5.41, 5.74) is 0. The van der Waals surface area contributed by atoms with Crippen molar-refractivity contribution in [1.82, 2.24) is 25.5 Å². The van der Waals surface area contributed by atoms with Gasteiger partial charge in [0.1, 0.15) is 0 Å². The minimum Gasteiger partial charge on any atom is -0.377 e. The Bertz CT molecular complexity index is 354. The Kier molecular flexibility index (Phi) is 6.59. The van der Waals surface area contributed by atoms with Crippen molar-refractivity contribution in [3.05, 3.63) is 0 Å². The van der Waals surface area contributed by atoms with Gasteiger partial charge < -0.3 is 10.1 Å². The van der Waals surface area contributed by atoms with Crippen molar-refractivity contribution < 1.29 is 4.74 Å². The Morgan fingerprint density at radius 1 is 1.42 bits per heavy atom. The number of nitrogens with one attached hydrogen (secondary N) is 1. The Morgan fingerprint density at radius 2 is 2.37 bits per heavy atom. The summed E-state index contributed by atoms with van der Waals surface area (Å²) in [5.74, 6) is 0.947. The number of thioether (sulfide) groups is 1. The monoisotopic (exact) mass is 285 g/mol. The van der Waals surface area contributed by atoms with Crippen LogP contribution < -0.4 is 5.32 Å². The molecule has 0 aromatic carbocycles. The standard InChI is InChI=1S/C12H23N5OS/c1-2-6-13-7-8-17-12(14-15-16-17)19-10-11-5-3-4-9-18-11/h11,13H,2-10H2,1H3. The zero-order chi connectivity index (χ0) is 13.3. The molecule has 0 bridgehead atoms. The predicted molar refractivity (Wildman–Crippen MR) is 75.3 cm³/mol. The number of nitrogens with zero attached hydrogens (tertiary/aromatic N) is 4. The lowest BCUT2D eigenvalue weighted by Gasteiger charge is -2.21. The quantitative estimate of drug-likeness (QED) is 0.574. The summed E-state index contributed by atoms with van der Waals surface area (Å²) in [6, 6.07) is 0. The van der Waals surface area contributed by atoms with Gasteiger partial charge in [0, 0.05) is 18.9 Å². The second-order valence-corrected chi connectivity index (χ2v) is 5.72. The third-order valence-electron chi connectivity index (χ3n) is 3.10. The van der Waals surface area contributed by atoms with E-state index in [0.717, 1.165) is 50.0 Å². The molecule has 1 saturated heterocycles. The van der Waals surface area contributed by atoms with E-state index in [1.165, 1.54) is 12.8 Å². The normalized spacial score (nSPS) is 19.7. The molecular formula is C12H23N5OS. The minimum atomic E-state index is 0.363. The van der Waals surface area contributed by atoms with Gasteiger partial charge in [-0.2, -0.15) is 0 Å². The second kappa shape index (κ2) is 8.50. The van der Waals surface area contributed by atoms with Crippen LogP contribution in [0.1, 0.15) is 32.6 Å². The van der Waals surface area contributed by atoms with E-state index in [1.54, 1.807) is 11.8 Å². The largest absolute Gasteiger partial charge is 0.377 e. The average molecular weight is 285 g/mol. The van der Waals surface area contributed by atoms with Gasteiger partial charge in [0.25, 0.3) is 0 Å². The van der Waals surface area contributed by atoms with Crippen LogP contribution in [0.25, 0.3) is 0 Å². The van der Waals surface area contributed by atoms with Gasteiger partial charge in [-0.3, -0.25) is 0 Å². The first-order valence-corrected chi connectivity index (χ1v) is 8.10. The molecule has 1 atom stereocenters. The molecule has 0 spiro atoms. The van der Waals surface area contributed by atoms with Crippen LogP contribution in [0.5, 0.6) is 0 Å². The van der Waals surface area contributed by atoms with Gasteiger partial charge in [-0.25, -0.2) is 4.68 Å². The zero-order valence-corrected chi connectivity index (χ0v) is 12.4. The molecule has 0 saturated carbocycles. The smallest absolute Gasteiger partial charge is 0.209 e. The molecule has 0 amide bonds. The summed E-state index contributed by atoms with van der Waals surface area (Å²) >= 11 is 1.70. The maximum atomic E-state index is 5.72. The van der Waals surface area contributed by atoms with Crippen molar-refractivity contribution in [3.8, 4) is 0 Å². The van der Waals surface area contributed by atoms with Crippen LogP contribution >= 0.6 is 11.8 Å². The number of tetrazole rings is 1. The molecule has 1 aromatic rings. The molecule has 1 aliphatic heterocycles. The molecule has 6 nitrogen and oxygen atoms in total. The highest BCUT2D eigenvalue weighted by Crippen LogP contribution is 2.21. The summed E-state index contributed by atoms with van der Waals surface area (Å²) in [6.07, 6.45) is 5.14.